The minimum atomic E-state index is -4.97. The van der Waals surface area contributed by atoms with Crippen LogP contribution in [0.3, 0.4) is 0 Å². The fourth-order valence-electron chi connectivity index (χ4n) is 2.76. The SMILES string of the molecule is O=S(=O)(c1ccccc1OC(F)(F)F)N1CCC(n2cncn2)CC1. The Bertz CT molecular complexity index is 816. The maximum absolute atomic E-state index is 12.7. The van der Waals surface area contributed by atoms with E-state index in [4.69, 9.17) is 0 Å². The van der Waals surface area contributed by atoms with E-state index in [1.165, 1.54) is 22.8 Å². The van der Waals surface area contributed by atoms with Crippen LogP contribution in [0.15, 0.2) is 41.8 Å². The number of benzene rings is 1. The van der Waals surface area contributed by atoms with Crippen LogP contribution < -0.4 is 4.74 Å². The van der Waals surface area contributed by atoms with E-state index in [-0.39, 0.29) is 19.1 Å². The van der Waals surface area contributed by atoms with Gasteiger partial charge in [-0.1, -0.05) is 12.1 Å². The molecule has 2 aromatic rings. The zero-order valence-corrected chi connectivity index (χ0v) is 13.7. The number of hydrogen-bond acceptors (Lipinski definition) is 5. The molecule has 1 aliphatic heterocycles. The third-order valence-corrected chi connectivity index (χ3v) is 5.86. The molecule has 3 rings (SSSR count). The fraction of sp³-hybridized carbons (Fsp3) is 0.429. The Kier molecular flexibility index (Phi) is 4.69. The van der Waals surface area contributed by atoms with Gasteiger partial charge in [-0.2, -0.15) is 9.40 Å². The second-order valence-electron chi connectivity index (χ2n) is 5.51. The van der Waals surface area contributed by atoms with Crippen LogP contribution in [-0.4, -0.2) is 46.9 Å². The first-order valence-corrected chi connectivity index (χ1v) is 8.90. The fourth-order valence-corrected chi connectivity index (χ4v) is 4.35. The number of alkyl halides is 3. The van der Waals surface area contributed by atoms with Crippen molar-refractivity contribution in [2.45, 2.75) is 30.1 Å². The second kappa shape index (κ2) is 6.64. The summed E-state index contributed by atoms with van der Waals surface area (Å²) < 4.78 is 69.7. The molecule has 11 heteroatoms. The van der Waals surface area contributed by atoms with Crippen LogP contribution in [0, 0.1) is 0 Å². The lowest BCUT2D eigenvalue weighted by Crippen LogP contribution is -2.39. The number of aromatic nitrogens is 3. The molecule has 0 spiro atoms. The lowest BCUT2D eigenvalue weighted by atomic mass is 10.1. The molecule has 2 heterocycles. The molecule has 0 N–H and O–H groups in total. The summed E-state index contributed by atoms with van der Waals surface area (Å²) in [5.41, 5.74) is 0. The van der Waals surface area contributed by atoms with Gasteiger partial charge >= 0.3 is 6.36 Å². The van der Waals surface area contributed by atoms with E-state index in [1.54, 1.807) is 11.0 Å². The molecule has 0 aliphatic carbocycles. The third kappa shape index (κ3) is 3.93. The first kappa shape index (κ1) is 17.7. The zero-order valence-electron chi connectivity index (χ0n) is 12.9. The molecule has 7 nitrogen and oxygen atoms in total. The molecule has 25 heavy (non-hydrogen) atoms. The highest BCUT2D eigenvalue weighted by atomic mass is 32.2. The summed E-state index contributed by atoms with van der Waals surface area (Å²) in [4.78, 5) is 3.36. The van der Waals surface area contributed by atoms with Crippen molar-refractivity contribution < 1.29 is 26.3 Å². The monoisotopic (exact) mass is 376 g/mol. The van der Waals surface area contributed by atoms with E-state index in [9.17, 15) is 21.6 Å². The van der Waals surface area contributed by atoms with Gasteiger partial charge in [0.1, 0.15) is 23.3 Å². The van der Waals surface area contributed by atoms with Crippen LogP contribution in [0.4, 0.5) is 13.2 Å². The van der Waals surface area contributed by atoms with E-state index >= 15 is 0 Å². The van der Waals surface area contributed by atoms with Crippen molar-refractivity contribution in [1.82, 2.24) is 19.1 Å². The lowest BCUT2D eigenvalue weighted by molar-refractivity contribution is -0.275. The highest BCUT2D eigenvalue weighted by Gasteiger charge is 2.36. The van der Waals surface area contributed by atoms with Gasteiger partial charge in [-0.3, -0.25) is 0 Å². The predicted molar refractivity (Wildman–Crippen MR) is 80.2 cm³/mol. The summed E-state index contributed by atoms with van der Waals surface area (Å²) in [6.07, 6.45) is -1.03. The van der Waals surface area contributed by atoms with Gasteiger partial charge in [0.15, 0.2) is 0 Å². The summed E-state index contributed by atoms with van der Waals surface area (Å²) in [6.45, 7) is 0.348. The van der Waals surface area contributed by atoms with Crippen LogP contribution in [0.1, 0.15) is 18.9 Å². The van der Waals surface area contributed by atoms with Crippen molar-refractivity contribution >= 4 is 10.0 Å². The highest BCUT2D eigenvalue weighted by molar-refractivity contribution is 7.89. The van der Waals surface area contributed by atoms with Crippen LogP contribution in [0.2, 0.25) is 0 Å². The third-order valence-electron chi connectivity index (χ3n) is 3.93. The Morgan fingerprint density at radius 3 is 2.44 bits per heavy atom. The van der Waals surface area contributed by atoms with Crippen LogP contribution >= 0.6 is 0 Å². The number of nitrogens with zero attached hydrogens (tertiary/aromatic N) is 4. The molecule has 1 aromatic heterocycles. The van der Waals surface area contributed by atoms with E-state index in [0.29, 0.717) is 12.8 Å². The smallest absolute Gasteiger partial charge is 0.404 e. The molecule has 0 amide bonds. The van der Waals surface area contributed by atoms with Gasteiger partial charge in [0, 0.05) is 13.1 Å². The molecule has 0 atom stereocenters. The number of para-hydroxylation sites is 1. The van der Waals surface area contributed by atoms with E-state index in [1.807, 2.05) is 0 Å². The number of piperidine rings is 1. The van der Waals surface area contributed by atoms with Gasteiger partial charge in [-0.05, 0) is 25.0 Å². The largest absolute Gasteiger partial charge is 0.573 e. The van der Waals surface area contributed by atoms with Crippen LogP contribution in [0.5, 0.6) is 5.75 Å². The standard InChI is InChI=1S/C14H15F3N4O3S/c15-14(16,17)24-12-3-1-2-4-13(12)25(22,23)20-7-5-11(6-8-20)21-10-18-9-19-21/h1-4,9-11H,5-8H2. The lowest BCUT2D eigenvalue weighted by Gasteiger charge is -2.31. The summed E-state index contributed by atoms with van der Waals surface area (Å²) in [7, 11) is -4.09. The Labute approximate surface area is 142 Å². The average molecular weight is 376 g/mol. The minimum absolute atomic E-state index is 0.00983. The van der Waals surface area contributed by atoms with Crippen molar-refractivity contribution in [1.29, 1.82) is 0 Å². The minimum Gasteiger partial charge on any atom is -0.404 e. The first-order chi connectivity index (χ1) is 11.8. The summed E-state index contributed by atoms with van der Waals surface area (Å²) in [5, 5.41) is 4.03. The summed E-state index contributed by atoms with van der Waals surface area (Å²) in [5.74, 6) is -0.728. The number of hydrogen-bond donors (Lipinski definition) is 0. The Morgan fingerprint density at radius 1 is 1.16 bits per heavy atom. The first-order valence-electron chi connectivity index (χ1n) is 7.46. The Hall–Kier alpha value is -2.14. The molecule has 136 valence electrons. The molecule has 1 fully saturated rings. The molecular weight excluding hydrogens is 361 g/mol. The molecule has 1 saturated heterocycles. The number of sulfonamides is 1. The number of rotatable bonds is 4. The molecular formula is C14H15F3N4O3S. The molecule has 0 saturated carbocycles. The van der Waals surface area contributed by atoms with Crippen LogP contribution in [0.25, 0.3) is 0 Å². The molecule has 0 unspecified atom stereocenters. The van der Waals surface area contributed by atoms with E-state index in [2.05, 4.69) is 14.8 Å². The quantitative estimate of drug-likeness (QED) is 0.818. The normalized spacial score (nSPS) is 17.6. The predicted octanol–water partition coefficient (Wildman–Crippen LogP) is 2.20. The van der Waals surface area contributed by atoms with Gasteiger partial charge in [-0.25, -0.2) is 18.1 Å². The maximum atomic E-state index is 12.7. The van der Waals surface area contributed by atoms with Gasteiger partial charge in [0.2, 0.25) is 10.0 Å². The Morgan fingerprint density at radius 2 is 1.84 bits per heavy atom. The van der Waals surface area contributed by atoms with Crippen molar-refractivity contribution in [3.05, 3.63) is 36.9 Å². The molecule has 0 radical (unpaired) electrons. The number of ether oxygens (including phenoxy) is 1. The molecule has 0 bridgehead atoms. The van der Waals surface area contributed by atoms with Crippen molar-refractivity contribution in [3.8, 4) is 5.75 Å². The highest BCUT2D eigenvalue weighted by Crippen LogP contribution is 2.33. The van der Waals surface area contributed by atoms with Crippen molar-refractivity contribution in [2.24, 2.45) is 0 Å². The van der Waals surface area contributed by atoms with Gasteiger partial charge in [0.05, 0.1) is 6.04 Å². The maximum Gasteiger partial charge on any atom is 0.573 e. The van der Waals surface area contributed by atoms with Crippen molar-refractivity contribution in [2.75, 3.05) is 13.1 Å². The summed E-state index contributed by atoms with van der Waals surface area (Å²) >= 11 is 0. The van der Waals surface area contributed by atoms with Gasteiger partial charge in [0.25, 0.3) is 0 Å². The van der Waals surface area contributed by atoms with E-state index in [0.717, 1.165) is 12.1 Å². The number of halogens is 3. The van der Waals surface area contributed by atoms with E-state index < -0.39 is 27.0 Å². The zero-order chi connectivity index (χ0) is 18.1. The van der Waals surface area contributed by atoms with Crippen LogP contribution in [-0.2, 0) is 10.0 Å². The second-order valence-corrected chi connectivity index (χ2v) is 7.41. The summed E-state index contributed by atoms with van der Waals surface area (Å²) in [6, 6.07) is 4.76. The average Bonchev–Trinajstić information content (AvgIpc) is 3.08. The van der Waals surface area contributed by atoms with Crippen molar-refractivity contribution in [3.63, 3.8) is 0 Å². The topological polar surface area (TPSA) is 77.3 Å². The van der Waals surface area contributed by atoms with Gasteiger partial charge in [-0.15, -0.1) is 13.2 Å². The molecule has 1 aliphatic rings. The van der Waals surface area contributed by atoms with Gasteiger partial charge < -0.3 is 4.74 Å². The Balaban J connectivity index is 1.79. The molecule has 1 aromatic carbocycles.